The van der Waals surface area contributed by atoms with Crippen LogP contribution < -0.4 is 10.6 Å². The fourth-order valence-corrected chi connectivity index (χ4v) is 2.09. The lowest BCUT2D eigenvalue weighted by Crippen LogP contribution is -2.27. The van der Waals surface area contributed by atoms with Crippen molar-refractivity contribution in [2.45, 2.75) is 39.5 Å². The van der Waals surface area contributed by atoms with Gasteiger partial charge in [-0.3, -0.25) is 4.79 Å². The zero-order chi connectivity index (χ0) is 15.9. The molecule has 0 bridgehead atoms. The zero-order valence-electron chi connectivity index (χ0n) is 13.5. The first-order valence-corrected chi connectivity index (χ1v) is 7.89. The Labute approximate surface area is 130 Å². The highest BCUT2D eigenvalue weighted by Gasteiger charge is 2.17. The topological polar surface area (TPSA) is 84.7 Å². The molecule has 0 aromatic carbocycles. The Morgan fingerprint density at radius 2 is 1.91 bits per heavy atom. The molecular formula is C15H24N6O. The molecule has 0 unspecified atom stereocenters. The Hall–Kier alpha value is -2.18. The summed E-state index contributed by atoms with van der Waals surface area (Å²) in [7, 11) is 1.81. The largest absolute Gasteiger partial charge is 0.368 e. The van der Waals surface area contributed by atoms with E-state index >= 15 is 0 Å². The van der Waals surface area contributed by atoms with Gasteiger partial charge in [-0.2, -0.15) is 5.10 Å². The number of nitrogens with one attached hydrogen (secondary N) is 2. The van der Waals surface area contributed by atoms with Crippen molar-refractivity contribution in [2.24, 2.45) is 7.05 Å². The molecule has 2 aromatic rings. The van der Waals surface area contributed by atoms with Crippen molar-refractivity contribution in [3.8, 4) is 0 Å². The Morgan fingerprint density at radius 3 is 2.64 bits per heavy atom. The fraction of sp³-hybridized carbons (Fsp3) is 0.600. The lowest BCUT2D eigenvalue weighted by atomic mass is 10.3. The summed E-state index contributed by atoms with van der Waals surface area (Å²) in [5.41, 5.74) is 1.64. The van der Waals surface area contributed by atoms with Crippen LogP contribution in [-0.4, -0.2) is 38.7 Å². The minimum atomic E-state index is -0.189. The molecule has 0 radical (unpaired) electrons. The number of amides is 1. The van der Waals surface area contributed by atoms with Crippen molar-refractivity contribution in [1.82, 2.24) is 25.1 Å². The molecule has 0 saturated heterocycles. The van der Waals surface area contributed by atoms with Gasteiger partial charge in [-0.25, -0.2) is 14.6 Å². The molecule has 1 amide bonds. The van der Waals surface area contributed by atoms with Gasteiger partial charge >= 0.3 is 0 Å². The smallest absolute Gasteiger partial charge is 0.273 e. The molecule has 22 heavy (non-hydrogen) atoms. The third kappa shape index (κ3) is 3.72. The minimum Gasteiger partial charge on any atom is -0.368 e. The maximum Gasteiger partial charge on any atom is 0.273 e. The first kappa shape index (κ1) is 16.2. The van der Waals surface area contributed by atoms with Gasteiger partial charge in [0.05, 0.1) is 6.20 Å². The van der Waals surface area contributed by atoms with E-state index in [1.807, 2.05) is 7.05 Å². The van der Waals surface area contributed by atoms with E-state index in [4.69, 9.17) is 0 Å². The summed E-state index contributed by atoms with van der Waals surface area (Å²) in [5, 5.41) is 10.3. The summed E-state index contributed by atoms with van der Waals surface area (Å²) in [6.07, 6.45) is 5.71. The van der Waals surface area contributed by atoms with E-state index in [1.54, 1.807) is 10.9 Å². The summed E-state index contributed by atoms with van der Waals surface area (Å²) in [6, 6.07) is 0. The summed E-state index contributed by atoms with van der Waals surface area (Å²) < 4.78 is 1.66. The number of anilines is 1. The molecule has 0 aliphatic heterocycles. The van der Waals surface area contributed by atoms with E-state index in [-0.39, 0.29) is 5.91 Å². The maximum absolute atomic E-state index is 12.3. The Balaban J connectivity index is 2.27. The van der Waals surface area contributed by atoms with Gasteiger partial charge in [0.1, 0.15) is 5.52 Å². The van der Waals surface area contributed by atoms with Gasteiger partial charge in [0, 0.05) is 20.1 Å². The van der Waals surface area contributed by atoms with E-state index in [1.165, 1.54) is 0 Å². The van der Waals surface area contributed by atoms with Crippen LogP contribution in [0.5, 0.6) is 0 Å². The Morgan fingerprint density at radius 1 is 1.18 bits per heavy atom. The fourth-order valence-electron chi connectivity index (χ4n) is 2.09. The number of aromatic nitrogens is 4. The molecule has 120 valence electrons. The predicted octanol–water partition coefficient (Wildman–Crippen LogP) is 2.11. The van der Waals surface area contributed by atoms with Gasteiger partial charge in [0.25, 0.3) is 5.91 Å². The molecule has 2 heterocycles. The molecule has 2 N–H and O–H groups in total. The zero-order valence-corrected chi connectivity index (χ0v) is 13.5. The second-order valence-corrected chi connectivity index (χ2v) is 5.29. The van der Waals surface area contributed by atoms with Crippen LogP contribution in [0.2, 0.25) is 0 Å². The van der Waals surface area contributed by atoms with Crippen molar-refractivity contribution in [1.29, 1.82) is 0 Å². The minimum absolute atomic E-state index is 0.189. The average molecular weight is 304 g/mol. The first-order chi connectivity index (χ1) is 10.7. The van der Waals surface area contributed by atoms with Crippen LogP contribution in [0, 0.1) is 0 Å². The highest BCUT2D eigenvalue weighted by Crippen LogP contribution is 2.16. The second-order valence-electron chi connectivity index (χ2n) is 5.29. The third-order valence-corrected chi connectivity index (χ3v) is 3.42. The molecule has 0 aliphatic carbocycles. The van der Waals surface area contributed by atoms with E-state index in [9.17, 15) is 4.79 Å². The lowest BCUT2D eigenvalue weighted by Gasteiger charge is -2.10. The van der Waals surface area contributed by atoms with Crippen molar-refractivity contribution in [2.75, 3.05) is 18.4 Å². The molecule has 0 saturated carbocycles. The average Bonchev–Trinajstić information content (AvgIpc) is 2.88. The Kier molecular flexibility index (Phi) is 5.68. The molecule has 0 fully saturated rings. The van der Waals surface area contributed by atoms with Gasteiger partial charge in [-0.15, -0.1) is 0 Å². The quantitative estimate of drug-likeness (QED) is 0.730. The summed E-state index contributed by atoms with van der Waals surface area (Å²) in [5.74, 6) is 0.337. The molecule has 7 nitrogen and oxygen atoms in total. The maximum atomic E-state index is 12.3. The molecule has 7 heteroatoms. The standard InChI is InChI=1S/C15H24N6O/c1-4-6-8-16-13-12(15(22)17-9-7-5-2)19-11-10-18-21(3)14(11)20-13/h10H,4-9H2,1-3H3,(H,16,20)(H,17,22). The second kappa shape index (κ2) is 7.72. The summed E-state index contributed by atoms with van der Waals surface area (Å²) >= 11 is 0. The van der Waals surface area contributed by atoms with Crippen molar-refractivity contribution < 1.29 is 4.79 Å². The number of aryl methyl sites for hydroxylation is 1. The van der Waals surface area contributed by atoms with E-state index in [2.05, 4.69) is 39.5 Å². The third-order valence-electron chi connectivity index (χ3n) is 3.42. The molecule has 0 spiro atoms. The summed E-state index contributed by atoms with van der Waals surface area (Å²) in [4.78, 5) is 21.3. The number of fused-ring (bicyclic) bond motifs is 1. The van der Waals surface area contributed by atoms with Gasteiger partial charge < -0.3 is 10.6 Å². The number of carbonyl (C=O) groups is 1. The van der Waals surface area contributed by atoms with E-state index in [0.29, 0.717) is 29.2 Å². The van der Waals surface area contributed by atoms with Crippen molar-refractivity contribution in [3.63, 3.8) is 0 Å². The molecule has 0 atom stereocenters. The lowest BCUT2D eigenvalue weighted by molar-refractivity contribution is 0.0949. The number of unbranched alkanes of at least 4 members (excludes halogenated alkanes) is 2. The molecular weight excluding hydrogens is 280 g/mol. The van der Waals surface area contributed by atoms with Crippen LogP contribution in [0.3, 0.4) is 0 Å². The van der Waals surface area contributed by atoms with Crippen LogP contribution in [0.15, 0.2) is 6.20 Å². The van der Waals surface area contributed by atoms with Gasteiger partial charge in [0.15, 0.2) is 17.2 Å². The molecule has 2 aromatic heterocycles. The van der Waals surface area contributed by atoms with Gasteiger partial charge in [0.2, 0.25) is 0 Å². The van der Waals surface area contributed by atoms with Crippen molar-refractivity contribution in [3.05, 3.63) is 11.9 Å². The van der Waals surface area contributed by atoms with Crippen LogP contribution in [0.1, 0.15) is 50.0 Å². The highest BCUT2D eigenvalue weighted by molar-refractivity contribution is 5.98. The van der Waals surface area contributed by atoms with Crippen LogP contribution in [-0.2, 0) is 7.05 Å². The number of hydrogen-bond acceptors (Lipinski definition) is 5. The van der Waals surface area contributed by atoms with Crippen LogP contribution in [0.25, 0.3) is 11.2 Å². The molecule has 2 rings (SSSR count). The Bertz CT molecular complexity index is 636. The number of rotatable bonds is 8. The summed E-state index contributed by atoms with van der Waals surface area (Å²) in [6.45, 7) is 5.63. The van der Waals surface area contributed by atoms with E-state index in [0.717, 1.165) is 32.2 Å². The number of carbonyl (C=O) groups excluding carboxylic acids is 1. The number of hydrogen-bond donors (Lipinski definition) is 2. The van der Waals surface area contributed by atoms with Crippen LogP contribution >= 0.6 is 0 Å². The van der Waals surface area contributed by atoms with Gasteiger partial charge in [-0.1, -0.05) is 26.7 Å². The SMILES string of the molecule is CCCCNC(=O)c1nc2cnn(C)c2nc1NCCCC. The van der Waals surface area contributed by atoms with Crippen LogP contribution in [0.4, 0.5) is 5.82 Å². The van der Waals surface area contributed by atoms with Crippen molar-refractivity contribution >= 4 is 22.9 Å². The van der Waals surface area contributed by atoms with Gasteiger partial charge in [-0.05, 0) is 12.8 Å². The number of nitrogens with zero attached hydrogens (tertiary/aromatic N) is 4. The molecule has 0 aliphatic rings. The monoisotopic (exact) mass is 304 g/mol. The highest BCUT2D eigenvalue weighted by atomic mass is 16.1. The first-order valence-electron chi connectivity index (χ1n) is 7.89. The normalized spacial score (nSPS) is 10.9. The van der Waals surface area contributed by atoms with E-state index < -0.39 is 0 Å². The predicted molar refractivity (Wildman–Crippen MR) is 86.9 cm³/mol.